The van der Waals surface area contributed by atoms with E-state index in [1.807, 2.05) is 0 Å². The van der Waals surface area contributed by atoms with Crippen LogP contribution in [0.3, 0.4) is 0 Å². The molecule has 0 aromatic carbocycles. The van der Waals surface area contributed by atoms with Crippen LogP contribution in [0.4, 0.5) is 0 Å². The van der Waals surface area contributed by atoms with Crippen molar-refractivity contribution in [3.8, 4) is 0 Å². The number of halogens is 1. The number of rotatable bonds is 2. The third-order valence-corrected chi connectivity index (χ3v) is 1.73. The number of carbonyl (C=O) groups excluding carboxylic acids is 1. The van der Waals surface area contributed by atoms with Gasteiger partial charge in [-0.3, -0.25) is 4.79 Å². The second-order valence-corrected chi connectivity index (χ2v) is 2.45. The number of nitrogens with one attached hydrogen (secondary N) is 2. The third kappa shape index (κ3) is 3.05. The first-order chi connectivity index (χ1) is 4.84. The molecule has 0 spiro atoms. The lowest BCUT2D eigenvalue weighted by Crippen LogP contribution is -2.50. The number of β-amino-alcohol motifs (C(OH)–C–C–N with tert-alkyl or cyclic N) is 1. The van der Waals surface area contributed by atoms with Gasteiger partial charge in [0.25, 0.3) is 0 Å². The quantitative estimate of drug-likeness (QED) is 0.472. The summed E-state index contributed by atoms with van der Waals surface area (Å²) in [6.45, 7) is 1.44. The van der Waals surface area contributed by atoms with Crippen molar-refractivity contribution in [3.05, 3.63) is 0 Å². The number of aliphatic hydroxyl groups excluding tert-OH is 1. The molecule has 4 nitrogen and oxygen atoms in total. The highest BCUT2D eigenvalue weighted by Gasteiger charge is 2.21. The summed E-state index contributed by atoms with van der Waals surface area (Å²) in [7, 11) is 0. The number of hydrogen-bond acceptors (Lipinski definition) is 3. The van der Waals surface area contributed by atoms with E-state index in [4.69, 9.17) is 0 Å². The van der Waals surface area contributed by atoms with Gasteiger partial charge in [0.1, 0.15) is 0 Å². The highest BCUT2D eigenvalue weighted by Crippen LogP contribution is 2.01. The molecule has 1 aliphatic rings. The SMILES string of the molecule is Cl.O=CN[C@H]1CCNC[C@@H]1O. The molecular weight excluding hydrogens is 168 g/mol. The Hall–Kier alpha value is -0.320. The molecule has 0 aromatic rings. The van der Waals surface area contributed by atoms with Crippen LogP contribution in [-0.2, 0) is 4.79 Å². The van der Waals surface area contributed by atoms with E-state index in [1.165, 1.54) is 0 Å². The van der Waals surface area contributed by atoms with Gasteiger partial charge in [0.2, 0.25) is 6.41 Å². The maximum Gasteiger partial charge on any atom is 0.207 e. The summed E-state index contributed by atoms with van der Waals surface area (Å²) >= 11 is 0. The molecule has 0 saturated carbocycles. The van der Waals surface area contributed by atoms with Crippen molar-refractivity contribution < 1.29 is 9.90 Å². The van der Waals surface area contributed by atoms with E-state index in [2.05, 4.69) is 10.6 Å². The molecule has 1 aliphatic heterocycles. The molecule has 3 N–H and O–H groups in total. The fraction of sp³-hybridized carbons (Fsp3) is 0.833. The molecule has 11 heavy (non-hydrogen) atoms. The molecular formula is C6H13ClN2O2. The summed E-state index contributed by atoms with van der Waals surface area (Å²) in [5, 5.41) is 14.8. The Bertz CT molecular complexity index is 123. The number of aliphatic hydroxyl groups is 1. The fourth-order valence-corrected chi connectivity index (χ4v) is 1.12. The molecule has 66 valence electrons. The smallest absolute Gasteiger partial charge is 0.207 e. The molecule has 0 aliphatic carbocycles. The van der Waals surface area contributed by atoms with Crippen molar-refractivity contribution in [2.75, 3.05) is 13.1 Å². The van der Waals surface area contributed by atoms with Crippen LogP contribution in [0.1, 0.15) is 6.42 Å². The normalized spacial score (nSPS) is 30.3. The summed E-state index contributed by atoms with van der Waals surface area (Å²) in [4.78, 5) is 9.98. The second-order valence-electron chi connectivity index (χ2n) is 2.45. The molecule has 1 amide bonds. The number of amides is 1. The summed E-state index contributed by atoms with van der Waals surface area (Å²) in [5.41, 5.74) is 0. The molecule has 0 aromatic heterocycles. The minimum absolute atomic E-state index is 0. The molecule has 1 fully saturated rings. The van der Waals surface area contributed by atoms with E-state index in [0.717, 1.165) is 13.0 Å². The maximum absolute atomic E-state index is 9.98. The van der Waals surface area contributed by atoms with Crippen LogP contribution >= 0.6 is 12.4 Å². The molecule has 0 unspecified atom stereocenters. The van der Waals surface area contributed by atoms with Gasteiger partial charge in [-0.25, -0.2) is 0 Å². The van der Waals surface area contributed by atoms with Gasteiger partial charge in [0, 0.05) is 6.54 Å². The molecule has 0 bridgehead atoms. The van der Waals surface area contributed by atoms with E-state index in [-0.39, 0.29) is 18.4 Å². The largest absolute Gasteiger partial charge is 0.390 e. The van der Waals surface area contributed by atoms with Gasteiger partial charge < -0.3 is 15.7 Å². The Morgan fingerprint density at radius 3 is 2.91 bits per heavy atom. The van der Waals surface area contributed by atoms with E-state index >= 15 is 0 Å². The first-order valence-corrected chi connectivity index (χ1v) is 3.43. The minimum Gasteiger partial charge on any atom is -0.390 e. The average Bonchev–Trinajstić information content (AvgIpc) is 1.94. The summed E-state index contributed by atoms with van der Waals surface area (Å²) in [6.07, 6.45) is 1.01. The molecule has 1 saturated heterocycles. The van der Waals surface area contributed by atoms with Gasteiger partial charge in [0.15, 0.2) is 0 Å². The van der Waals surface area contributed by atoms with Gasteiger partial charge in [-0.05, 0) is 13.0 Å². The van der Waals surface area contributed by atoms with Crippen molar-refractivity contribution in [1.29, 1.82) is 0 Å². The topological polar surface area (TPSA) is 61.4 Å². The van der Waals surface area contributed by atoms with Crippen molar-refractivity contribution in [1.82, 2.24) is 10.6 Å². The lowest BCUT2D eigenvalue weighted by Gasteiger charge is -2.27. The van der Waals surface area contributed by atoms with Crippen molar-refractivity contribution in [2.45, 2.75) is 18.6 Å². The number of hydrogen-bond donors (Lipinski definition) is 3. The Labute approximate surface area is 71.8 Å². The first-order valence-electron chi connectivity index (χ1n) is 3.43. The summed E-state index contributed by atoms with van der Waals surface area (Å²) in [6, 6.07) is -0.0567. The fourth-order valence-electron chi connectivity index (χ4n) is 1.12. The van der Waals surface area contributed by atoms with Crippen LogP contribution in [0, 0.1) is 0 Å². The predicted octanol–water partition coefficient (Wildman–Crippen LogP) is -1.12. The zero-order valence-electron chi connectivity index (χ0n) is 6.12. The second kappa shape index (κ2) is 5.35. The number of carbonyl (C=O) groups is 1. The lowest BCUT2D eigenvalue weighted by atomic mass is 10.0. The lowest BCUT2D eigenvalue weighted by molar-refractivity contribution is -0.111. The van der Waals surface area contributed by atoms with E-state index in [9.17, 15) is 9.90 Å². The van der Waals surface area contributed by atoms with Gasteiger partial charge >= 0.3 is 0 Å². The van der Waals surface area contributed by atoms with Crippen LogP contribution < -0.4 is 10.6 Å². The van der Waals surface area contributed by atoms with Gasteiger partial charge in [-0.1, -0.05) is 0 Å². The zero-order valence-corrected chi connectivity index (χ0v) is 6.93. The van der Waals surface area contributed by atoms with Crippen molar-refractivity contribution >= 4 is 18.8 Å². The van der Waals surface area contributed by atoms with Crippen LogP contribution in [0.15, 0.2) is 0 Å². The Kier molecular flexibility index (Phi) is 5.19. The molecule has 2 atom stereocenters. The van der Waals surface area contributed by atoms with E-state index in [0.29, 0.717) is 13.0 Å². The van der Waals surface area contributed by atoms with Crippen LogP contribution in [0.2, 0.25) is 0 Å². The Balaban J connectivity index is 0.000001000. The number of piperidine rings is 1. The van der Waals surface area contributed by atoms with Crippen molar-refractivity contribution in [3.63, 3.8) is 0 Å². The maximum atomic E-state index is 9.98. The first kappa shape index (κ1) is 10.7. The van der Waals surface area contributed by atoms with E-state index in [1.54, 1.807) is 0 Å². The highest BCUT2D eigenvalue weighted by atomic mass is 35.5. The Morgan fingerprint density at radius 1 is 1.64 bits per heavy atom. The average molecular weight is 181 g/mol. The van der Waals surface area contributed by atoms with Crippen LogP contribution in [0.5, 0.6) is 0 Å². The molecule has 1 rings (SSSR count). The summed E-state index contributed by atoms with van der Waals surface area (Å²) in [5.74, 6) is 0. The Morgan fingerprint density at radius 2 is 2.36 bits per heavy atom. The minimum atomic E-state index is -0.432. The van der Waals surface area contributed by atoms with Crippen LogP contribution in [-0.4, -0.2) is 36.8 Å². The van der Waals surface area contributed by atoms with Gasteiger partial charge in [-0.15, -0.1) is 12.4 Å². The predicted molar refractivity (Wildman–Crippen MR) is 43.7 cm³/mol. The van der Waals surface area contributed by atoms with Gasteiger partial charge in [0.05, 0.1) is 12.1 Å². The third-order valence-electron chi connectivity index (χ3n) is 1.73. The zero-order chi connectivity index (χ0) is 7.40. The van der Waals surface area contributed by atoms with Crippen molar-refractivity contribution in [2.24, 2.45) is 0 Å². The molecule has 5 heteroatoms. The standard InChI is InChI=1S/C6H12N2O2.ClH/c9-4-8-5-1-2-7-3-6(5)10;/h4-7,10H,1-3H2,(H,8,9);1H/t5-,6-;/m0./s1. The molecule has 0 radical (unpaired) electrons. The highest BCUT2D eigenvalue weighted by molar-refractivity contribution is 5.85. The van der Waals surface area contributed by atoms with Crippen LogP contribution in [0.25, 0.3) is 0 Å². The summed E-state index contributed by atoms with van der Waals surface area (Å²) < 4.78 is 0. The molecule has 1 heterocycles. The van der Waals surface area contributed by atoms with E-state index < -0.39 is 6.10 Å². The van der Waals surface area contributed by atoms with Gasteiger partial charge in [-0.2, -0.15) is 0 Å². The monoisotopic (exact) mass is 180 g/mol.